The van der Waals surface area contributed by atoms with Gasteiger partial charge in [-0.1, -0.05) is 87.2 Å². The lowest BCUT2D eigenvalue weighted by Gasteiger charge is -2.31. The van der Waals surface area contributed by atoms with Gasteiger partial charge in [0, 0.05) is 19.0 Å². The van der Waals surface area contributed by atoms with Gasteiger partial charge in [0.15, 0.2) is 0 Å². The Morgan fingerprint density at radius 1 is 0.909 bits per heavy atom. The topological polar surface area (TPSA) is 49.4 Å². The van der Waals surface area contributed by atoms with E-state index in [2.05, 4.69) is 62.5 Å². The molecule has 0 spiro atoms. The molecule has 0 aliphatic heterocycles. The molecule has 4 nitrogen and oxygen atoms in total. The van der Waals surface area contributed by atoms with Crippen LogP contribution in [0.3, 0.4) is 0 Å². The van der Waals surface area contributed by atoms with E-state index < -0.39 is 6.04 Å². The molecule has 0 radical (unpaired) electrons. The van der Waals surface area contributed by atoms with Gasteiger partial charge < -0.3 is 10.2 Å². The highest BCUT2D eigenvalue weighted by atomic mass is 16.2. The molecule has 1 N–H and O–H groups in total. The zero-order valence-electron chi connectivity index (χ0n) is 20.8. The van der Waals surface area contributed by atoms with Crippen molar-refractivity contribution in [2.75, 3.05) is 0 Å². The first-order valence-corrected chi connectivity index (χ1v) is 12.6. The predicted octanol–water partition coefficient (Wildman–Crippen LogP) is 5.92. The Hall–Kier alpha value is -2.62. The van der Waals surface area contributed by atoms with Crippen LogP contribution >= 0.6 is 0 Å². The summed E-state index contributed by atoms with van der Waals surface area (Å²) >= 11 is 0. The van der Waals surface area contributed by atoms with Crippen molar-refractivity contribution in [3.8, 4) is 0 Å². The minimum absolute atomic E-state index is 0.0230. The molecule has 0 unspecified atom stereocenters. The van der Waals surface area contributed by atoms with Crippen molar-refractivity contribution in [3.05, 3.63) is 70.8 Å². The van der Waals surface area contributed by atoms with Gasteiger partial charge in [0.05, 0.1) is 0 Å². The number of carbonyl (C=O) groups is 2. The lowest BCUT2D eigenvalue weighted by atomic mass is 9.95. The Labute approximate surface area is 199 Å². The molecule has 0 aromatic heterocycles. The zero-order chi connectivity index (χ0) is 23.8. The van der Waals surface area contributed by atoms with Crippen LogP contribution in [0.1, 0.15) is 87.5 Å². The van der Waals surface area contributed by atoms with Crippen molar-refractivity contribution in [1.82, 2.24) is 10.2 Å². The van der Waals surface area contributed by atoms with Crippen LogP contribution in [0.2, 0.25) is 0 Å². The number of hydrogen-bond acceptors (Lipinski definition) is 2. The van der Waals surface area contributed by atoms with Gasteiger partial charge in [-0.25, -0.2) is 0 Å². The summed E-state index contributed by atoms with van der Waals surface area (Å²) in [6, 6.07) is 16.5. The van der Waals surface area contributed by atoms with Crippen LogP contribution in [0.25, 0.3) is 0 Å². The van der Waals surface area contributed by atoms with E-state index in [1.807, 2.05) is 19.1 Å². The first kappa shape index (κ1) is 25.0. The third kappa shape index (κ3) is 7.45. The van der Waals surface area contributed by atoms with E-state index in [4.69, 9.17) is 0 Å². The second-order valence-corrected chi connectivity index (χ2v) is 9.92. The Morgan fingerprint density at radius 3 is 2.12 bits per heavy atom. The fourth-order valence-corrected chi connectivity index (χ4v) is 4.51. The predicted molar refractivity (Wildman–Crippen MR) is 135 cm³/mol. The van der Waals surface area contributed by atoms with Crippen LogP contribution < -0.4 is 5.32 Å². The normalized spacial score (nSPS) is 15.3. The molecule has 2 aromatic carbocycles. The van der Waals surface area contributed by atoms with E-state index in [0.717, 1.165) is 24.0 Å². The van der Waals surface area contributed by atoms with E-state index in [0.29, 0.717) is 25.3 Å². The van der Waals surface area contributed by atoms with Gasteiger partial charge in [0.25, 0.3) is 0 Å². The Bertz CT molecular complexity index is 896. The van der Waals surface area contributed by atoms with Crippen molar-refractivity contribution in [2.45, 2.75) is 97.2 Å². The molecule has 1 atom stereocenters. The number of rotatable bonds is 9. The van der Waals surface area contributed by atoms with Gasteiger partial charge in [-0.05, 0) is 55.7 Å². The van der Waals surface area contributed by atoms with Gasteiger partial charge in [-0.3, -0.25) is 9.59 Å². The molecule has 4 heteroatoms. The molecular formula is C29H40N2O2. The standard InChI is InChI=1S/C29H40N2O2/c1-21(2)26-17-14-24(15-18-26)16-19-28(32)31(20-25-12-10-22(3)11-13-25)23(4)29(33)30-27-8-6-5-7-9-27/h10-15,17-18,21,23,27H,5-9,16,19-20H2,1-4H3,(H,30,33)/t23-/m1/s1. The summed E-state index contributed by atoms with van der Waals surface area (Å²) in [6.07, 6.45) is 6.74. The molecule has 0 saturated heterocycles. The molecule has 0 bridgehead atoms. The SMILES string of the molecule is Cc1ccc(CN(C(=O)CCc2ccc(C(C)C)cc2)[C@H](C)C(=O)NC2CCCCC2)cc1. The van der Waals surface area contributed by atoms with E-state index in [-0.39, 0.29) is 17.9 Å². The molecule has 1 saturated carbocycles. The van der Waals surface area contributed by atoms with Gasteiger partial charge in [-0.15, -0.1) is 0 Å². The Kier molecular flexibility index (Phi) is 9.11. The number of carbonyl (C=O) groups excluding carboxylic acids is 2. The summed E-state index contributed by atoms with van der Waals surface area (Å²) in [5.41, 5.74) is 4.69. The molecule has 1 aliphatic rings. The number of nitrogens with zero attached hydrogens (tertiary/aromatic N) is 1. The number of benzene rings is 2. The smallest absolute Gasteiger partial charge is 0.242 e. The van der Waals surface area contributed by atoms with Gasteiger partial charge in [0.1, 0.15) is 6.04 Å². The van der Waals surface area contributed by atoms with Crippen molar-refractivity contribution in [1.29, 1.82) is 0 Å². The maximum atomic E-state index is 13.3. The lowest BCUT2D eigenvalue weighted by molar-refractivity contribution is -0.141. The van der Waals surface area contributed by atoms with Crippen LogP contribution in [0, 0.1) is 6.92 Å². The molecule has 178 valence electrons. The van der Waals surface area contributed by atoms with Gasteiger partial charge in [0.2, 0.25) is 11.8 Å². The zero-order valence-corrected chi connectivity index (χ0v) is 20.8. The lowest BCUT2D eigenvalue weighted by Crippen LogP contribution is -2.50. The molecule has 2 amide bonds. The number of nitrogens with one attached hydrogen (secondary N) is 1. The van der Waals surface area contributed by atoms with Gasteiger partial charge in [-0.2, -0.15) is 0 Å². The minimum Gasteiger partial charge on any atom is -0.352 e. The fourth-order valence-electron chi connectivity index (χ4n) is 4.51. The second-order valence-electron chi connectivity index (χ2n) is 9.92. The van der Waals surface area contributed by atoms with Gasteiger partial charge >= 0.3 is 0 Å². The second kappa shape index (κ2) is 12.0. The first-order chi connectivity index (χ1) is 15.8. The molecule has 1 fully saturated rings. The first-order valence-electron chi connectivity index (χ1n) is 12.6. The number of hydrogen-bond donors (Lipinski definition) is 1. The van der Waals surface area contributed by atoms with Crippen molar-refractivity contribution in [2.24, 2.45) is 0 Å². The molecule has 2 aromatic rings. The number of aryl methyl sites for hydroxylation is 2. The molecule has 1 aliphatic carbocycles. The maximum Gasteiger partial charge on any atom is 0.242 e. The van der Waals surface area contributed by atoms with Crippen LogP contribution in [0.4, 0.5) is 0 Å². The third-order valence-corrected chi connectivity index (χ3v) is 6.87. The quantitative estimate of drug-likeness (QED) is 0.518. The van der Waals surface area contributed by atoms with Crippen molar-refractivity contribution in [3.63, 3.8) is 0 Å². The average molecular weight is 449 g/mol. The van der Waals surface area contributed by atoms with E-state index in [9.17, 15) is 9.59 Å². The summed E-state index contributed by atoms with van der Waals surface area (Å²) in [7, 11) is 0. The van der Waals surface area contributed by atoms with E-state index >= 15 is 0 Å². The molecule has 3 rings (SSSR count). The van der Waals surface area contributed by atoms with Crippen LogP contribution in [0.15, 0.2) is 48.5 Å². The Morgan fingerprint density at radius 2 is 1.52 bits per heavy atom. The van der Waals surface area contributed by atoms with Crippen LogP contribution in [-0.2, 0) is 22.6 Å². The fraction of sp³-hybridized carbons (Fsp3) is 0.517. The third-order valence-electron chi connectivity index (χ3n) is 6.87. The van der Waals surface area contributed by atoms with Crippen LogP contribution in [-0.4, -0.2) is 28.8 Å². The van der Waals surface area contributed by atoms with E-state index in [1.54, 1.807) is 4.90 Å². The van der Waals surface area contributed by atoms with Crippen molar-refractivity contribution < 1.29 is 9.59 Å². The molecular weight excluding hydrogens is 408 g/mol. The monoisotopic (exact) mass is 448 g/mol. The molecule has 33 heavy (non-hydrogen) atoms. The summed E-state index contributed by atoms with van der Waals surface area (Å²) in [4.78, 5) is 28.2. The highest BCUT2D eigenvalue weighted by molar-refractivity contribution is 5.87. The van der Waals surface area contributed by atoms with E-state index in [1.165, 1.54) is 30.4 Å². The largest absolute Gasteiger partial charge is 0.352 e. The summed E-state index contributed by atoms with van der Waals surface area (Å²) in [5.74, 6) is 0.479. The maximum absolute atomic E-state index is 13.3. The van der Waals surface area contributed by atoms with Crippen molar-refractivity contribution >= 4 is 11.8 Å². The highest BCUT2D eigenvalue weighted by Gasteiger charge is 2.27. The average Bonchev–Trinajstić information content (AvgIpc) is 2.82. The highest BCUT2D eigenvalue weighted by Crippen LogP contribution is 2.19. The summed E-state index contributed by atoms with van der Waals surface area (Å²) < 4.78 is 0. The Balaban J connectivity index is 1.68. The minimum atomic E-state index is -0.496. The summed E-state index contributed by atoms with van der Waals surface area (Å²) in [6.45, 7) is 8.73. The molecule has 0 heterocycles. The number of amides is 2. The van der Waals surface area contributed by atoms with Crippen LogP contribution in [0.5, 0.6) is 0 Å². The summed E-state index contributed by atoms with van der Waals surface area (Å²) in [5, 5.41) is 3.21.